The van der Waals surface area contributed by atoms with Gasteiger partial charge in [-0.3, -0.25) is 14.4 Å². The lowest BCUT2D eigenvalue weighted by Gasteiger charge is -2.12. The van der Waals surface area contributed by atoms with Gasteiger partial charge in [0, 0.05) is 16.8 Å². The van der Waals surface area contributed by atoms with Crippen LogP contribution < -0.4 is 25.9 Å². The van der Waals surface area contributed by atoms with E-state index in [1.54, 1.807) is 24.3 Å². The van der Waals surface area contributed by atoms with Crippen molar-refractivity contribution >= 4 is 41.2 Å². The lowest BCUT2D eigenvalue weighted by atomic mass is 10.2. The van der Waals surface area contributed by atoms with Crippen molar-refractivity contribution < 1.29 is 28.2 Å². The summed E-state index contributed by atoms with van der Waals surface area (Å²) in [6, 6.07) is 14.8. The van der Waals surface area contributed by atoms with E-state index in [2.05, 4.69) is 15.8 Å². The summed E-state index contributed by atoms with van der Waals surface area (Å²) in [6.45, 7) is -0.105. The highest BCUT2D eigenvalue weighted by molar-refractivity contribution is 6.39. The van der Waals surface area contributed by atoms with E-state index in [0.29, 0.717) is 22.7 Å². The molecule has 180 valence electrons. The van der Waals surface area contributed by atoms with Crippen molar-refractivity contribution in [2.24, 2.45) is 10.8 Å². The first-order chi connectivity index (χ1) is 16.8. The zero-order valence-corrected chi connectivity index (χ0v) is 19.1. The van der Waals surface area contributed by atoms with Crippen LogP contribution in [0.25, 0.3) is 0 Å². The van der Waals surface area contributed by atoms with E-state index in [-0.39, 0.29) is 22.8 Å². The highest BCUT2D eigenvalue weighted by Crippen LogP contribution is 2.29. The molecule has 9 nitrogen and oxygen atoms in total. The standard InChI is InChI=1S/C24H20ClFN4O5/c1-34-21-11-14(5-10-20(21)35-13-17-18(25)3-2-4-19(17)26)12-28-30-24(33)23(32)29-16-8-6-15(7-9-16)22(27)31/h2-12H,13H2,1H3,(H2,27,31)(H,29,32)(H,30,33)/b28-12+. The fourth-order valence-corrected chi connectivity index (χ4v) is 3.04. The highest BCUT2D eigenvalue weighted by atomic mass is 35.5. The molecule has 3 aromatic rings. The van der Waals surface area contributed by atoms with Crippen molar-refractivity contribution in [3.8, 4) is 11.5 Å². The summed E-state index contributed by atoms with van der Waals surface area (Å²) in [6.07, 6.45) is 1.30. The van der Waals surface area contributed by atoms with Gasteiger partial charge in [0.25, 0.3) is 0 Å². The normalized spacial score (nSPS) is 10.6. The average Bonchev–Trinajstić information content (AvgIpc) is 2.84. The van der Waals surface area contributed by atoms with Crippen LogP contribution >= 0.6 is 11.6 Å². The topological polar surface area (TPSA) is 132 Å². The number of nitrogens with one attached hydrogen (secondary N) is 2. The average molecular weight is 499 g/mol. The number of hydrazone groups is 1. The molecule has 0 aliphatic rings. The number of ether oxygens (including phenoxy) is 2. The number of halogens is 2. The number of anilines is 1. The van der Waals surface area contributed by atoms with E-state index in [1.165, 1.54) is 49.7 Å². The number of nitrogens with two attached hydrogens (primary N) is 1. The van der Waals surface area contributed by atoms with E-state index in [1.807, 2.05) is 0 Å². The summed E-state index contributed by atoms with van der Waals surface area (Å²) < 4.78 is 24.9. The van der Waals surface area contributed by atoms with Gasteiger partial charge in [-0.25, -0.2) is 9.82 Å². The molecule has 0 bridgehead atoms. The summed E-state index contributed by atoms with van der Waals surface area (Å²) >= 11 is 6.01. The van der Waals surface area contributed by atoms with Crippen LogP contribution in [0, 0.1) is 5.82 Å². The maximum atomic E-state index is 13.9. The lowest BCUT2D eigenvalue weighted by molar-refractivity contribution is -0.136. The second-order valence-corrected chi connectivity index (χ2v) is 7.40. The minimum atomic E-state index is -1.01. The fourth-order valence-electron chi connectivity index (χ4n) is 2.83. The molecule has 11 heteroatoms. The van der Waals surface area contributed by atoms with Crippen LogP contribution in [0.2, 0.25) is 5.02 Å². The first kappa shape index (κ1) is 25.2. The third kappa shape index (κ3) is 6.78. The van der Waals surface area contributed by atoms with Gasteiger partial charge in [0.05, 0.1) is 18.3 Å². The third-order valence-corrected chi connectivity index (χ3v) is 4.99. The Morgan fingerprint density at radius 1 is 1.06 bits per heavy atom. The molecule has 0 heterocycles. The van der Waals surface area contributed by atoms with Crippen molar-refractivity contribution in [1.29, 1.82) is 0 Å². The number of hydrogen-bond donors (Lipinski definition) is 3. The molecule has 3 amide bonds. The molecule has 0 aliphatic carbocycles. The van der Waals surface area contributed by atoms with Crippen LogP contribution in [0.3, 0.4) is 0 Å². The van der Waals surface area contributed by atoms with Gasteiger partial charge in [0.15, 0.2) is 11.5 Å². The number of rotatable bonds is 8. The van der Waals surface area contributed by atoms with E-state index >= 15 is 0 Å². The van der Waals surface area contributed by atoms with E-state index in [0.717, 1.165) is 0 Å². The summed E-state index contributed by atoms with van der Waals surface area (Å²) in [4.78, 5) is 35.0. The zero-order valence-electron chi connectivity index (χ0n) is 18.4. The Kier molecular flexibility index (Phi) is 8.36. The van der Waals surface area contributed by atoms with Crippen LogP contribution in [0.5, 0.6) is 11.5 Å². The molecular weight excluding hydrogens is 479 g/mol. The predicted octanol–water partition coefficient (Wildman–Crippen LogP) is 3.25. The molecule has 4 N–H and O–H groups in total. The second kappa shape index (κ2) is 11.6. The van der Waals surface area contributed by atoms with Crippen molar-refractivity contribution in [3.05, 3.63) is 88.2 Å². The van der Waals surface area contributed by atoms with Gasteiger partial charge in [0.2, 0.25) is 5.91 Å². The Bertz CT molecular complexity index is 1260. The molecule has 3 rings (SSSR count). The fraction of sp³-hybridized carbons (Fsp3) is 0.0833. The number of nitrogens with zero attached hydrogens (tertiary/aromatic N) is 1. The van der Waals surface area contributed by atoms with Gasteiger partial charge in [-0.15, -0.1) is 0 Å². The van der Waals surface area contributed by atoms with Crippen LogP contribution in [0.15, 0.2) is 65.8 Å². The number of primary amides is 1. The van der Waals surface area contributed by atoms with Crippen molar-refractivity contribution in [2.45, 2.75) is 6.61 Å². The minimum Gasteiger partial charge on any atom is -0.493 e. The third-order valence-electron chi connectivity index (χ3n) is 4.63. The summed E-state index contributed by atoms with van der Waals surface area (Å²) in [5.74, 6) is -2.38. The van der Waals surface area contributed by atoms with Gasteiger partial charge in [0.1, 0.15) is 12.4 Å². The molecule has 35 heavy (non-hydrogen) atoms. The van der Waals surface area contributed by atoms with Gasteiger partial charge < -0.3 is 20.5 Å². The van der Waals surface area contributed by atoms with E-state index in [9.17, 15) is 18.8 Å². The number of carbonyl (C=O) groups is 3. The first-order valence-corrected chi connectivity index (χ1v) is 10.4. The Balaban J connectivity index is 1.57. The number of methoxy groups -OCH3 is 1. The number of carbonyl (C=O) groups excluding carboxylic acids is 3. The molecule has 0 aromatic heterocycles. The smallest absolute Gasteiger partial charge is 0.329 e. The van der Waals surface area contributed by atoms with Crippen molar-refractivity contribution in [2.75, 3.05) is 12.4 Å². The van der Waals surface area contributed by atoms with Crippen LogP contribution in [0.4, 0.5) is 10.1 Å². The van der Waals surface area contributed by atoms with Gasteiger partial charge >= 0.3 is 11.8 Å². The summed E-state index contributed by atoms with van der Waals surface area (Å²) in [7, 11) is 1.43. The predicted molar refractivity (Wildman–Crippen MR) is 128 cm³/mol. The molecule has 0 aliphatic heterocycles. The molecule has 0 saturated heterocycles. The number of benzene rings is 3. The zero-order chi connectivity index (χ0) is 25.4. The monoisotopic (exact) mass is 498 g/mol. The van der Waals surface area contributed by atoms with E-state index in [4.69, 9.17) is 26.8 Å². The molecular formula is C24H20ClFN4O5. The van der Waals surface area contributed by atoms with E-state index < -0.39 is 23.5 Å². The summed E-state index contributed by atoms with van der Waals surface area (Å²) in [5, 5.41) is 6.37. The lowest BCUT2D eigenvalue weighted by Crippen LogP contribution is -2.32. The molecule has 0 fully saturated rings. The number of amides is 3. The van der Waals surface area contributed by atoms with Gasteiger partial charge in [-0.05, 0) is 60.2 Å². The second-order valence-electron chi connectivity index (χ2n) is 6.99. The number of hydrogen-bond acceptors (Lipinski definition) is 6. The van der Waals surface area contributed by atoms with Crippen LogP contribution in [-0.2, 0) is 16.2 Å². The first-order valence-electron chi connectivity index (χ1n) is 10.1. The molecule has 3 aromatic carbocycles. The Labute approximate surface area is 204 Å². The SMILES string of the molecule is COc1cc(/C=N/NC(=O)C(=O)Nc2ccc(C(N)=O)cc2)ccc1OCc1c(F)cccc1Cl. The van der Waals surface area contributed by atoms with Gasteiger partial charge in [-0.2, -0.15) is 5.10 Å². The van der Waals surface area contributed by atoms with Crippen LogP contribution in [0.1, 0.15) is 21.5 Å². The molecule has 0 radical (unpaired) electrons. The largest absolute Gasteiger partial charge is 0.493 e. The highest BCUT2D eigenvalue weighted by Gasteiger charge is 2.14. The Morgan fingerprint density at radius 3 is 2.46 bits per heavy atom. The molecule has 0 unspecified atom stereocenters. The molecule has 0 spiro atoms. The Hall–Kier alpha value is -4.44. The Morgan fingerprint density at radius 2 is 1.80 bits per heavy atom. The van der Waals surface area contributed by atoms with Crippen molar-refractivity contribution in [1.82, 2.24) is 5.43 Å². The van der Waals surface area contributed by atoms with Gasteiger partial charge in [-0.1, -0.05) is 17.7 Å². The quantitative estimate of drug-likeness (QED) is 0.249. The molecule has 0 saturated carbocycles. The minimum absolute atomic E-state index is 0.105. The van der Waals surface area contributed by atoms with Crippen molar-refractivity contribution in [3.63, 3.8) is 0 Å². The summed E-state index contributed by atoms with van der Waals surface area (Å²) in [5.41, 5.74) is 8.57. The molecule has 0 atom stereocenters. The maximum Gasteiger partial charge on any atom is 0.329 e. The maximum absolute atomic E-state index is 13.9. The van der Waals surface area contributed by atoms with Crippen LogP contribution in [-0.4, -0.2) is 31.0 Å².